The van der Waals surface area contributed by atoms with Gasteiger partial charge in [0, 0.05) is 5.69 Å². The summed E-state index contributed by atoms with van der Waals surface area (Å²) in [4.78, 5) is 17.0. The second-order valence-corrected chi connectivity index (χ2v) is 5.47. The Morgan fingerprint density at radius 3 is 2.62 bits per heavy atom. The molecule has 0 bridgehead atoms. The zero-order valence-corrected chi connectivity index (χ0v) is 13.4. The summed E-state index contributed by atoms with van der Waals surface area (Å²) in [5.74, 6) is -0.243. The number of benzene rings is 3. The van der Waals surface area contributed by atoms with Crippen LogP contribution in [0.4, 0.5) is 5.69 Å². The van der Waals surface area contributed by atoms with Gasteiger partial charge in [-0.3, -0.25) is 4.79 Å². The highest BCUT2D eigenvalue weighted by Gasteiger charge is 2.03. The van der Waals surface area contributed by atoms with Crippen molar-refractivity contribution in [2.45, 2.75) is 6.92 Å². The summed E-state index contributed by atoms with van der Waals surface area (Å²) in [5.41, 5.74) is 2.81. The Kier molecular flexibility index (Phi) is 4.87. The minimum Gasteiger partial charge on any atom is -0.386 e. The molecule has 0 fully saturated rings. The van der Waals surface area contributed by atoms with E-state index in [2.05, 4.69) is 10.5 Å². The number of rotatable bonds is 5. The monoisotopic (exact) mass is 318 g/mol. The van der Waals surface area contributed by atoms with Gasteiger partial charge >= 0.3 is 0 Å². The number of aryl methyl sites for hydroxylation is 1. The molecule has 0 aliphatic rings. The molecule has 24 heavy (non-hydrogen) atoms. The van der Waals surface area contributed by atoms with Gasteiger partial charge in [-0.15, -0.1) is 0 Å². The van der Waals surface area contributed by atoms with E-state index >= 15 is 0 Å². The van der Waals surface area contributed by atoms with E-state index in [9.17, 15) is 4.79 Å². The van der Waals surface area contributed by atoms with Crippen molar-refractivity contribution in [2.24, 2.45) is 5.16 Å². The van der Waals surface area contributed by atoms with Crippen LogP contribution in [-0.2, 0) is 9.63 Å². The summed E-state index contributed by atoms with van der Waals surface area (Å²) in [6.45, 7) is 1.86. The lowest BCUT2D eigenvalue weighted by Gasteiger charge is -2.06. The minimum atomic E-state index is -0.243. The van der Waals surface area contributed by atoms with Gasteiger partial charge in [-0.1, -0.05) is 59.8 Å². The zero-order valence-electron chi connectivity index (χ0n) is 13.4. The lowest BCUT2D eigenvalue weighted by molar-refractivity contribution is -0.120. The SMILES string of the molecule is Cc1ccccc1/C=N\OCC(=O)Nc1ccc2ccccc2c1. The van der Waals surface area contributed by atoms with Crippen molar-refractivity contribution in [1.82, 2.24) is 0 Å². The average Bonchev–Trinajstić information content (AvgIpc) is 2.60. The molecule has 3 aromatic carbocycles. The molecule has 4 nitrogen and oxygen atoms in total. The van der Waals surface area contributed by atoms with Crippen LogP contribution in [0.2, 0.25) is 0 Å². The van der Waals surface area contributed by atoms with Crippen LogP contribution in [0.15, 0.2) is 71.9 Å². The first-order valence-corrected chi connectivity index (χ1v) is 7.72. The van der Waals surface area contributed by atoms with Crippen LogP contribution in [-0.4, -0.2) is 18.7 Å². The van der Waals surface area contributed by atoms with E-state index in [-0.39, 0.29) is 12.5 Å². The van der Waals surface area contributed by atoms with E-state index in [0.717, 1.165) is 27.6 Å². The van der Waals surface area contributed by atoms with Gasteiger partial charge in [0.05, 0.1) is 6.21 Å². The Hall–Kier alpha value is -3.14. The van der Waals surface area contributed by atoms with Gasteiger partial charge in [0.1, 0.15) is 0 Å². The van der Waals surface area contributed by atoms with Crippen LogP contribution < -0.4 is 5.32 Å². The number of fused-ring (bicyclic) bond motifs is 1. The molecule has 0 aliphatic heterocycles. The Morgan fingerprint density at radius 1 is 1.04 bits per heavy atom. The molecule has 0 aliphatic carbocycles. The van der Waals surface area contributed by atoms with E-state index in [4.69, 9.17) is 4.84 Å². The van der Waals surface area contributed by atoms with Gasteiger partial charge in [0.15, 0.2) is 6.61 Å². The molecule has 0 radical (unpaired) electrons. The van der Waals surface area contributed by atoms with Crippen molar-refractivity contribution in [1.29, 1.82) is 0 Å². The lowest BCUT2D eigenvalue weighted by atomic mass is 10.1. The number of carbonyl (C=O) groups is 1. The molecule has 0 unspecified atom stereocenters. The van der Waals surface area contributed by atoms with Gasteiger partial charge in [-0.05, 0) is 41.0 Å². The summed E-state index contributed by atoms with van der Waals surface area (Å²) in [7, 11) is 0. The van der Waals surface area contributed by atoms with Crippen LogP contribution >= 0.6 is 0 Å². The molecule has 0 aromatic heterocycles. The van der Waals surface area contributed by atoms with Crippen molar-refractivity contribution in [3.8, 4) is 0 Å². The first-order valence-electron chi connectivity index (χ1n) is 7.72. The van der Waals surface area contributed by atoms with Gasteiger partial charge in [0.2, 0.25) is 0 Å². The second kappa shape index (κ2) is 7.42. The molecule has 0 saturated carbocycles. The Labute approximate surface area is 140 Å². The van der Waals surface area contributed by atoms with E-state index < -0.39 is 0 Å². The molecule has 0 saturated heterocycles. The van der Waals surface area contributed by atoms with Crippen LogP contribution in [0.1, 0.15) is 11.1 Å². The third kappa shape index (κ3) is 3.98. The number of oxime groups is 1. The standard InChI is InChI=1S/C20H18N2O2/c1-15-6-2-3-9-18(15)13-21-24-14-20(23)22-19-11-10-16-7-4-5-8-17(16)12-19/h2-13H,14H2,1H3,(H,22,23)/b21-13-. The van der Waals surface area contributed by atoms with E-state index in [0.29, 0.717) is 0 Å². The highest BCUT2D eigenvalue weighted by molar-refractivity contribution is 5.95. The van der Waals surface area contributed by atoms with E-state index in [1.807, 2.05) is 73.7 Å². The van der Waals surface area contributed by atoms with Crippen molar-refractivity contribution in [3.05, 3.63) is 77.9 Å². The average molecular weight is 318 g/mol. The fourth-order valence-electron chi connectivity index (χ4n) is 2.39. The fourth-order valence-corrected chi connectivity index (χ4v) is 2.39. The molecule has 0 heterocycles. The first kappa shape index (κ1) is 15.7. The maximum atomic E-state index is 11.9. The molecule has 3 aromatic rings. The maximum absolute atomic E-state index is 11.9. The molecule has 3 rings (SSSR count). The molecule has 1 N–H and O–H groups in total. The number of amides is 1. The van der Waals surface area contributed by atoms with Crippen molar-refractivity contribution >= 4 is 28.6 Å². The number of carbonyl (C=O) groups excluding carboxylic acids is 1. The quantitative estimate of drug-likeness (QED) is 0.568. The van der Waals surface area contributed by atoms with Crippen LogP contribution in [0.3, 0.4) is 0 Å². The number of hydrogen-bond donors (Lipinski definition) is 1. The lowest BCUT2D eigenvalue weighted by Crippen LogP contribution is -2.16. The van der Waals surface area contributed by atoms with Crippen molar-refractivity contribution in [2.75, 3.05) is 11.9 Å². The van der Waals surface area contributed by atoms with Gasteiger partial charge in [0.25, 0.3) is 5.91 Å². The van der Waals surface area contributed by atoms with Gasteiger partial charge < -0.3 is 10.2 Å². The molecule has 1 amide bonds. The minimum absolute atomic E-state index is 0.130. The van der Waals surface area contributed by atoms with Gasteiger partial charge in [-0.25, -0.2) is 0 Å². The molecule has 0 spiro atoms. The number of nitrogens with zero attached hydrogens (tertiary/aromatic N) is 1. The van der Waals surface area contributed by atoms with E-state index in [1.165, 1.54) is 0 Å². The number of anilines is 1. The summed E-state index contributed by atoms with van der Waals surface area (Å²) >= 11 is 0. The molecular formula is C20H18N2O2. The summed E-state index contributed by atoms with van der Waals surface area (Å²) < 4.78 is 0. The maximum Gasteiger partial charge on any atom is 0.265 e. The summed E-state index contributed by atoms with van der Waals surface area (Å²) in [6, 6.07) is 21.6. The largest absolute Gasteiger partial charge is 0.386 e. The van der Waals surface area contributed by atoms with Crippen molar-refractivity contribution in [3.63, 3.8) is 0 Å². The predicted molar refractivity (Wildman–Crippen MR) is 97.3 cm³/mol. The molecule has 0 atom stereocenters. The molecular weight excluding hydrogens is 300 g/mol. The zero-order chi connectivity index (χ0) is 16.8. The third-order valence-corrected chi connectivity index (χ3v) is 3.68. The normalized spacial score (nSPS) is 10.9. The first-order chi connectivity index (χ1) is 11.7. The van der Waals surface area contributed by atoms with Crippen LogP contribution in [0.5, 0.6) is 0 Å². The number of nitrogens with one attached hydrogen (secondary N) is 1. The van der Waals surface area contributed by atoms with E-state index in [1.54, 1.807) is 6.21 Å². The Bertz CT molecular complexity index is 887. The Morgan fingerprint density at radius 2 is 1.79 bits per heavy atom. The predicted octanol–water partition coefficient (Wildman–Crippen LogP) is 4.14. The molecule has 120 valence electrons. The Balaban J connectivity index is 1.54. The smallest absolute Gasteiger partial charge is 0.265 e. The highest BCUT2D eigenvalue weighted by atomic mass is 16.6. The fraction of sp³-hybridized carbons (Fsp3) is 0.100. The summed E-state index contributed by atoms with van der Waals surface area (Å²) in [5, 5.41) is 8.87. The number of hydrogen-bond acceptors (Lipinski definition) is 3. The summed E-state index contributed by atoms with van der Waals surface area (Å²) in [6.07, 6.45) is 1.61. The highest BCUT2D eigenvalue weighted by Crippen LogP contribution is 2.18. The van der Waals surface area contributed by atoms with Crippen molar-refractivity contribution < 1.29 is 9.63 Å². The van der Waals surface area contributed by atoms with Crippen LogP contribution in [0.25, 0.3) is 10.8 Å². The third-order valence-electron chi connectivity index (χ3n) is 3.68. The molecule has 4 heteroatoms. The topological polar surface area (TPSA) is 50.7 Å². The van der Waals surface area contributed by atoms with Crippen LogP contribution in [0, 0.1) is 6.92 Å². The second-order valence-electron chi connectivity index (χ2n) is 5.47. The van der Waals surface area contributed by atoms with Gasteiger partial charge in [-0.2, -0.15) is 0 Å².